The van der Waals surface area contributed by atoms with Crippen molar-refractivity contribution in [2.45, 2.75) is 13.5 Å². The summed E-state index contributed by atoms with van der Waals surface area (Å²) in [5.41, 5.74) is 1.23. The quantitative estimate of drug-likeness (QED) is 0.639. The second-order valence-corrected chi connectivity index (χ2v) is 5.29. The lowest BCUT2D eigenvalue weighted by molar-refractivity contribution is -0.654. The van der Waals surface area contributed by atoms with Crippen LogP contribution in [0.25, 0.3) is 10.9 Å². The Morgan fingerprint density at radius 3 is 2.84 bits per heavy atom. The van der Waals surface area contributed by atoms with Gasteiger partial charge in [-0.15, -0.1) is 0 Å². The van der Waals surface area contributed by atoms with Gasteiger partial charge >= 0.3 is 5.13 Å². The molecule has 0 amide bonds. The Balaban J connectivity index is 2.31. The van der Waals surface area contributed by atoms with Crippen molar-refractivity contribution in [3.05, 3.63) is 53.5 Å². The Hall–Kier alpha value is -1.94. The Bertz CT molecular complexity index is 783. The van der Waals surface area contributed by atoms with Gasteiger partial charge in [-0.3, -0.25) is 0 Å². The minimum Gasteiger partial charge on any atom is -0.347 e. The highest BCUT2D eigenvalue weighted by atomic mass is 32.1. The SMILES string of the molecule is CCn1ccc(=Nc2scc[n+]2C)c2ccccc21. The molecule has 96 valence electrons. The van der Waals surface area contributed by atoms with E-state index in [1.165, 1.54) is 10.9 Å². The zero-order valence-electron chi connectivity index (χ0n) is 11.1. The summed E-state index contributed by atoms with van der Waals surface area (Å²) in [7, 11) is 2.02. The highest BCUT2D eigenvalue weighted by molar-refractivity contribution is 7.12. The summed E-state index contributed by atoms with van der Waals surface area (Å²) in [4.78, 5) is 4.77. The van der Waals surface area contributed by atoms with Crippen molar-refractivity contribution in [2.75, 3.05) is 0 Å². The average molecular weight is 270 g/mol. The van der Waals surface area contributed by atoms with E-state index in [1.54, 1.807) is 11.3 Å². The third-order valence-electron chi connectivity index (χ3n) is 3.22. The number of aryl methyl sites for hydroxylation is 2. The summed E-state index contributed by atoms with van der Waals surface area (Å²) >= 11 is 1.65. The molecule has 0 atom stereocenters. The number of fused-ring (bicyclic) bond motifs is 1. The summed E-state index contributed by atoms with van der Waals surface area (Å²) in [5.74, 6) is 0. The van der Waals surface area contributed by atoms with Crippen molar-refractivity contribution >= 4 is 27.4 Å². The zero-order chi connectivity index (χ0) is 13.2. The van der Waals surface area contributed by atoms with Crippen molar-refractivity contribution < 1.29 is 4.57 Å². The van der Waals surface area contributed by atoms with Gasteiger partial charge in [0.2, 0.25) is 0 Å². The standard InChI is InChI=1S/C15H16N3S/c1-3-18-9-8-13(12-6-4-5-7-14(12)18)16-15-17(2)10-11-19-15/h4-11H,3H2,1-2H3/q+1. The van der Waals surface area contributed by atoms with Crippen molar-refractivity contribution in [1.82, 2.24) is 4.57 Å². The van der Waals surface area contributed by atoms with Crippen LogP contribution in [0.4, 0.5) is 5.13 Å². The molecular formula is C15H16N3S+. The molecular weight excluding hydrogens is 254 g/mol. The predicted molar refractivity (Wildman–Crippen MR) is 78.3 cm³/mol. The molecule has 2 aromatic heterocycles. The molecule has 3 aromatic rings. The molecule has 3 nitrogen and oxygen atoms in total. The number of nitrogens with zero attached hydrogens (tertiary/aromatic N) is 3. The predicted octanol–water partition coefficient (Wildman–Crippen LogP) is 2.78. The number of hydrogen-bond acceptors (Lipinski definition) is 2. The van der Waals surface area contributed by atoms with Gasteiger partial charge in [0.15, 0.2) is 5.36 Å². The van der Waals surface area contributed by atoms with Gasteiger partial charge in [-0.2, -0.15) is 0 Å². The highest BCUT2D eigenvalue weighted by Gasteiger charge is 2.08. The molecule has 3 rings (SSSR count). The average Bonchev–Trinajstić information content (AvgIpc) is 2.85. The normalized spacial score (nSPS) is 12.2. The van der Waals surface area contributed by atoms with Crippen molar-refractivity contribution in [1.29, 1.82) is 0 Å². The minimum atomic E-state index is 0.966. The van der Waals surface area contributed by atoms with E-state index in [-0.39, 0.29) is 0 Å². The van der Waals surface area contributed by atoms with Crippen LogP contribution in [0.3, 0.4) is 0 Å². The molecule has 0 aliphatic carbocycles. The molecule has 4 heteroatoms. The Kier molecular flexibility index (Phi) is 3.17. The Morgan fingerprint density at radius 1 is 1.26 bits per heavy atom. The van der Waals surface area contributed by atoms with E-state index < -0.39 is 0 Å². The monoisotopic (exact) mass is 270 g/mol. The van der Waals surface area contributed by atoms with Crippen molar-refractivity contribution in [3.63, 3.8) is 0 Å². The summed E-state index contributed by atoms with van der Waals surface area (Å²) in [6.45, 7) is 3.12. The van der Waals surface area contributed by atoms with E-state index in [0.29, 0.717) is 0 Å². The number of pyridine rings is 1. The first-order chi connectivity index (χ1) is 9.29. The van der Waals surface area contributed by atoms with Gasteiger partial charge in [0.25, 0.3) is 0 Å². The van der Waals surface area contributed by atoms with Gasteiger partial charge in [-0.25, -0.2) is 4.57 Å². The molecule has 2 heterocycles. The fourth-order valence-corrected chi connectivity index (χ4v) is 2.93. The van der Waals surface area contributed by atoms with E-state index in [1.807, 2.05) is 17.8 Å². The molecule has 19 heavy (non-hydrogen) atoms. The van der Waals surface area contributed by atoms with E-state index in [9.17, 15) is 0 Å². The lowest BCUT2D eigenvalue weighted by Crippen LogP contribution is -2.24. The molecule has 0 spiro atoms. The molecule has 0 aliphatic heterocycles. The lowest BCUT2D eigenvalue weighted by Gasteiger charge is -2.06. The van der Waals surface area contributed by atoms with Crippen LogP contribution in [0, 0.1) is 0 Å². The smallest absolute Gasteiger partial charge is 0.347 e. The molecule has 0 saturated heterocycles. The van der Waals surface area contributed by atoms with Crippen LogP contribution in [0.2, 0.25) is 0 Å². The van der Waals surface area contributed by atoms with Crippen LogP contribution in [0.15, 0.2) is 53.1 Å². The van der Waals surface area contributed by atoms with Crippen LogP contribution >= 0.6 is 11.3 Å². The van der Waals surface area contributed by atoms with E-state index in [0.717, 1.165) is 17.0 Å². The molecule has 1 aromatic carbocycles. The Labute approximate surface area is 116 Å². The van der Waals surface area contributed by atoms with Gasteiger partial charge < -0.3 is 4.57 Å². The zero-order valence-corrected chi connectivity index (χ0v) is 11.9. The third-order valence-corrected chi connectivity index (χ3v) is 4.07. The first kappa shape index (κ1) is 12.1. The minimum absolute atomic E-state index is 0.966. The second-order valence-electron chi connectivity index (χ2n) is 4.41. The topological polar surface area (TPSA) is 21.2 Å². The van der Waals surface area contributed by atoms with Crippen LogP contribution in [-0.2, 0) is 13.6 Å². The van der Waals surface area contributed by atoms with Gasteiger partial charge in [-0.1, -0.05) is 23.5 Å². The summed E-state index contributed by atoms with van der Waals surface area (Å²) < 4.78 is 4.28. The van der Waals surface area contributed by atoms with Crippen molar-refractivity contribution in [2.24, 2.45) is 12.0 Å². The molecule has 0 radical (unpaired) electrons. The maximum Gasteiger partial charge on any atom is 0.382 e. The van der Waals surface area contributed by atoms with Crippen LogP contribution < -0.4 is 9.92 Å². The third kappa shape index (κ3) is 2.19. The largest absolute Gasteiger partial charge is 0.382 e. The molecule has 0 aliphatic rings. The fourth-order valence-electron chi connectivity index (χ4n) is 2.18. The van der Waals surface area contributed by atoms with Gasteiger partial charge in [0.1, 0.15) is 6.20 Å². The summed E-state index contributed by atoms with van der Waals surface area (Å²) in [6, 6.07) is 10.5. The number of hydrogen-bond donors (Lipinski definition) is 0. The molecule has 0 fully saturated rings. The molecule has 0 unspecified atom stereocenters. The maximum absolute atomic E-state index is 4.77. The van der Waals surface area contributed by atoms with Crippen LogP contribution in [0.5, 0.6) is 0 Å². The van der Waals surface area contributed by atoms with Crippen LogP contribution in [-0.4, -0.2) is 4.57 Å². The maximum atomic E-state index is 4.77. The van der Waals surface area contributed by atoms with Gasteiger partial charge in [-0.05, 0) is 24.0 Å². The van der Waals surface area contributed by atoms with E-state index in [2.05, 4.69) is 53.4 Å². The lowest BCUT2D eigenvalue weighted by atomic mass is 10.2. The summed E-state index contributed by atoms with van der Waals surface area (Å²) in [6.07, 6.45) is 4.13. The van der Waals surface area contributed by atoms with Gasteiger partial charge in [0, 0.05) is 29.6 Å². The number of para-hydroxylation sites is 1. The first-order valence-corrected chi connectivity index (χ1v) is 7.23. The Morgan fingerprint density at radius 2 is 2.11 bits per heavy atom. The molecule has 0 bridgehead atoms. The van der Waals surface area contributed by atoms with Crippen LogP contribution in [0.1, 0.15) is 6.92 Å². The number of benzene rings is 1. The number of aromatic nitrogens is 2. The second kappa shape index (κ2) is 4.97. The molecule has 0 saturated carbocycles. The molecule has 0 N–H and O–H groups in total. The van der Waals surface area contributed by atoms with Gasteiger partial charge in [0.05, 0.1) is 12.6 Å². The summed E-state index contributed by atoms with van der Waals surface area (Å²) in [5, 5.41) is 5.29. The highest BCUT2D eigenvalue weighted by Crippen LogP contribution is 2.14. The number of thiazole rings is 1. The van der Waals surface area contributed by atoms with E-state index in [4.69, 9.17) is 4.99 Å². The van der Waals surface area contributed by atoms with E-state index >= 15 is 0 Å². The first-order valence-electron chi connectivity index (χ1n) is 6.35. The van der Waals surface area contributed by atoms with Crippen molar-refractivity contribution in [3.8, 4) is 0 Å². The fraction of sp³-hybridized carbons (Fsp3) is 0.200. The number of rotatable bonds is 2.